The predicted molar refractivity (Wildman–Crippen MR) is 272 cm³/mol. The zero-order valence-corrected chi connectivity index (χ0v) is 40.5. The van der Waals surface area contributed by atoms with Gasteiger partial charge in [0.05, 0.1) is 11.4 Å². The van der Waals surface area contributed by atoms with Crippen molar-refractivity contribution in [2.24, 2.45) is 13.0 Å². The van der Waals surface area contributed by atoms with E-state index < -0.39 is 23.7 Å². The zero-order chi connectivity index (χ0) is 50.5. The number of aromatic nitrogens is 4. The Balaban J connectivity index is 0.670. The van der Waals surface area contributed by atoms with Crippen LogP contribution in [0, 0.1) is 5.92 Å². The Morgan fingerprint density at radius 1 is 0.397 bits per heavy atom. The molecule has 8 aromatic rings. The molecule has 1 saturated carbocycles. The van der Waals surface area contributed by atoms with Crippen LogP contribution in [0.5, 0.6) is 70.0 Å². The van der Waals surface area contributed by atoms with Gasteiger partial charge in [-0.05, 0) is 116 Å². The lowest BCUT2D eigenvalue weighted by atomic mass is 9.70. The summed E-state index contributed by atoms with van der Waals surface area (Å²) in [5, 5.41) is 91.2. The van der Waals surface area contributed by atoms with Gasteiger partial charge < -0.3 is 50.3 Å². The molecule has 0 amide bonds. The summed E-state index contributed by atoms with van der Waals surface area (Å²) in [4.78, 5) is 0. The van der Waals surface area contributed by atoms with Gasteiger partial charge in [-0.15, -0.1) is 0 Å². The molecule has 4 heterocycles. The van der Waals surface area contributed by atoms with Gasteiger partial charge in [-0.25, -0.2) is 0 Å². The fourth-order valence-corrected chi connectivity index (χ4v) is 12.7. The molecule has 73 heavy (non-hydrogen) atoms. The Morgan fingerprint density at radius 3 is 1.01 bits per heavy atom. The zero-order valence-electron chi connectivity index (χ0n) is 40.5. The van der Waals surface area contributed by atoms with E-state index in [4.69, 9.17) is 9.47 Å². The van der Waals surface area contributed by atoms with Gasteiger partial charge in [-0.2, -0.15) is 0 Å². The molecular formula is C59H54N4O10. The van der Waals surface area contributed by atoms with Crippen molar-refractivity contribution in [1.82, 2.24) is 18.3 Å². The molecule has 370 valence electrons. The molecule has 0 aliphatic heterocycles. The van der Waals surface area contributed by atoms with Crippen molar-refractivity contribution in [3.8, 4) is 81.4 Å². The van der Waals surface area contributed by atoms with Crippen molar-refractivity contribution in [1.29, 1.82) is 0 Å². The van der Waals surface area contributed by atoms with Crippen molar-refractivity contribution in [3.63, 3.8) is 0 Å². The first-order valence-corrected chi connectivity index (χ1v) is 24.9. The normalized spacial score (nSPS) is 21.0. The summed E-state index contributed by atoms with van der Waals surface area (Å²) in [6.45, 7) is 6.53. The molecule has 0 saturated heterocycles. The third-order valence-electron chi connectivity index (χ3n) is 16.7. The molecule has 0 radical (unpaired) electrons. The molecule has 7 aliphatic rings. The van der Waals surface area contributed by atoms with E-state index in [0.717, 1.165) is 36.8 Å². The van der Waals surface area contributed by atoms with Gasteiger partial charge in [0.15, 0.2) is 23.5 Å². The SMILES string of the molecule is CC1CCC(n2c(O)c3c(c2O)C2C=CC3c3c2c(O)n(-c2ccc(Oc4ccc(C(C)(C)c5ccc(Oc6ccc(-n7c(O)c8c(c7O)C7C=CC8c8c7c(O)n(C)c8O)cc6)cc5)cc4)cc2)c3O)CC1. The Bertz CT molecular complexity index is 3500. The molecule has 4 aromatic carbocycles. The van der Waals surface area contributed by atoms with Crippen LogP contribution in [0.15, 0.2) is 121 Å². The minimum atomic E-state index is -0.529. The highest BCUT2D eigenvalue weighted by molar-refractivity contribution is 5.74. The summed E-state index contributed by atoms with van der Waals surface area (Å²) >= 11 is 0. The highest BCUT2D eigenvalue weighted by Crippen LogP contribution is 2.63. The number of rotatable bonds is 9. The molecule has 4 aromatic heterocycles. The lowest BCUT2D eigenvalue weighted by Crippen LogP contribution is -2.18. The first-order chi connectivity index (χ1) is 35.1. The van der Waals surface area contributed by atoms with E-state index >= 15 is 0 Å². The second-order valence-electron chi connectivity index (χ2n) is 21.0. The van der Waals surface area contributed by atoms with E-state index in [1.165, 1.54) is 13.7 Å². The van der Waals surface area contributed by atoms with Gasteiger partial charge in [0.2, 0.25) is 23.5 Å². The predicted octanol–water partition coefficient (Wildman–Crippen LogP) is 12.0. The maximum Gasteiger partial charge on any atom is 0.203 e. The minimum absolute atomic E-state index is 0.00760. The third-order valence-corrected chi connectivity index (χ3v) is 16.7. The first-order valence-electron chi connectivity index (χ1n) is 24.9. The van der Waals surface area contributed by atoms with Crippen LogP contribution in [-0.4, -0.2) is 59.1 Å². The molecule has 0 spiro atoms. The van der Waals surface area contributed by atoms with Gasteiger partial charge in [-0.1, -0.05) is 69.3 Å². The number of allylic oxidation sites excluding steroid dienone is 4. The lowest BCUT2D eigenvalue weighted by Gasteiger charge is -2.31. The summed E-state index contributed by atoms with van der Waals surface area (Å²) in [6, 6.07) is 29.9. The Labute approximate surface area is 420 Å². The summed E-state index contributed by atoms with van der Waals surface area (Å²) < 4.78 is 18.2. The molecule has 14 heteroatoms. The summed E-state index contributed by atoms with van der Waals surface area (Å²) in [5.74, 6) is 0.306. The molecule has 14 nitrogen and oxygen atoms in total. The van der Waals surface area contributed by atoms with Gasteiger partial charge >= 0.3 is 0 Å². The second-order valence-corrected chi connectivity index (χ2v) is 21.0. The minimum Gasteiger partial charge on any atom is -0.494 e. The van der Waals surface area contributed by atoms with Gasteiger partial charge in [-0.3, -0.25) is 18.3 Å². The highest BCUT2D eigenvalue weighted by atomic mass is 16.5. The van der Waals surface area contributed by atoms with Crippen molar-refractivity contribution >= 4 is 0 Å². The smallest absolute Gasteiger partial charge is 0.203 e. The number of hydrogen-bond acceptors (Lipinski definition) is 10. The molecular weight excluding hydrogens is 925 g/mol. The number of benzene rings is 4. The molecule has 7 aliphatic carbocycles. The van der Waals surface area contributed by atoms with E-state index in [1.54, 1.807) is 60.1 Å². The average Bonchev–Trinajstić information content (AvgIpc) is 4.04. The summed E-state index contributed by atoms with van der Waals surface area (Å²) in [6.07, 6.45) is 11.4. The Hall–Kier alpha value is -8.52. The first kappa shape index (κ1) is 44.4. The molecule has 15 rings (SSSR count). The van der Waals surface area contributed by atoms with E-state index in [-0.39, 0.29) is 58.5 Å². The van der Waals surface area contributed by atoms with E-state index in [9.17, 15) is 40.9 Å². The number of nitrogens with zero attached hydrogens (tertiary/aromatic N) is 4. The third kappa shape index (κ3) is 6.28. The molecule has 4 unspecified atom stereocenters. The fraction of sp³-hybridized carbons (Fsp3) is 0.254. The van der Waals surface area contributed by atoms with E-state index in [2.05, 4.69) is 20.8 Å². The maximum absolute atomic E-state index is 11.7. The molecule has 1 fully saturated rings. The Morgan fingerprint density at radius 2 is 0.685 bits per heavy atom. The monoisotopic (exact) mass is 978 g/mol. The fourth-order valence-electron chi connectivity index (χ4n) is 12.7. The number of ether oxygens (including phenoxy) is 2. The van der Waals surface area contributed by atoms with Gasteiger partial charge in [0.1, 0.15) is 23.0 Å². The standard InChI is InChI=1S/C59H54N4O10/c1-29-5-11-32(12-6-29)61-55(68)47-41-27-28-42(48(47)56(61)69)50-49(41)57(70)63(58(50)71)34-15-23-38(24-16-34)73-36-19-9-31(10-20-36)59(2,3)30-7-17-35(18-8-30)72-37-21-13-33(14-22-37)62-53(66)45-39-25-26-40(46(45)54(62)67)44-43(39)51(64)60(4)52(44)65/h7-10,13-29,32,39-42,64-71H,5-6,11-12H2,1-4H3. The van der Waals surface area contributed by atoms with Gasteiger partial charge in [0.25, 0.3) is 0 Å². The average molecular weight is 979 g/mol. The summed E-state index contributed by atoms with van der Waals surface area (Å²) in [7, 11) is 1.57. The van der Waals surface area contributed by atoms with Crippen molar-refractivity contribution < 1.29 is 50.3 Å². The van der Waals surface area contributed by atoms with Crippen molar-refractivity contribution in [2.45, 2.75) is 81.6 Å². The van der Waals surface area contributed by atoms with Crippen molar-refractivity contribution in [2.75, 3.05) is 0 Å². The van der Waals surface area contributed by atoms with Crippen LogP contribution in [0.3, 0.4) is 0 Å². The second kappa shape index (κ2) is 15.7. The largest absolute Gasteiger partial charge is 0.494 e. The number of hydrogen-bond donors (Lipinski definition) is 8. The van der Waals surface area contributed by atoms with Gasteiger partial charge in [0, 0.05) is 86.7 Å². The van der Waals surface area contributed by atoms with Crippen LogP contribution in [0.25, 0.3) is 11.4 Å². The topological polar surface area (TPSA) is 200 Å². The molecule has 4 atom stereocenters. The number of aromatic hydroxyl groups is 8. The van der Waals surface area contributed by atoms with Crippen LogP contribution in [0.2, 0.25) is 0 Å². The Kier molecular flexibility index (Phi) is 9.58. The maximum atomic E-state index is 11.7. The van der Waals surface area contributed by atoms with Crippen LogP contribution < -0.4 is 9.47 Å². The van der Waals surface area contributed by atoms with Crippen LogP contribution in [0.4, 0.5) is 0 Å². The quantitative estimate of drug-likeness (QED) is 0.0644. The van der Waals surface area contributed by atoms with Crippen LogP contribution in [0.1, 0.15) is 132 Å². The van der Waals surface area contributed by atoms with E-state index in [0.29, 0.717) is 84.8 Å². The van der Waals surface area contributed by atoms with E-state index in [1.807, 2.05) is 72.8 Å². The summed E-state index contributed by atoms with van der Waals surface area (Å²) in [5.41, 5.74) is 7.09. The highest BCUT2D eigenvalue weighted by Gasteiger charge is 2.48. The molecule has 8 N–H and O–H groups in total. The lowest BCUT2D eigenvalue weighted by molar-refractivity contribution is 0.248. The van der Waals surface area contributed by atoms with Crippen molar-refractivity contribution in [3.05, 3.63) is 177 Å². The van der Waals surface area contributed by atoms with Crippen LogP contribution >= 0.6 is 0 Å². The van der Waals surface area contributed by atoms with Crippen LogP contribution in [-0.2, 0) is 12.5 Å². The molecule has 4 bridgehead atoms.